The lowest BCUT2D eigenvalue weighted by atomic mass is 10.1. The second-order valence-electron chi connectivity index (χ2n) is 9.31. The fraction of sp³-hybridized carbons (Fsp3) is 0.310. The third-order valence-corrected chi connectivity index (χ3v) is 8.98. The number of para-hydroxylation sites is 1. The SMILES string of the molecule is CCC(C)NC(=O)C(CC)N(Cc1ccc(Cl)c(Cl)c1)C(=O)CN(c1ccccc1)S(=O)(=O)c1ccc(F)cc1. The average molecular weight is 609 g/mol. The van der Waals surface area contributed by atoms with E-state index in [0.29, 0.717) is 17.0 Å². The summed E-state index contributed by atoms with van der Waals surface area (Å²) in [5.74, 6) is -1.54. The Morgan fingerprint density at radius 3 is 2.15 bits per heavy atom. The van der Waals surface area contributed by atoms with E-state index in [-0.39, 0.29) is 40.5 Å². The summed E-state index contributed by atoms with van der Waals surface area (Å²) >= 11 is 12.3. The van der Waals surface area contributed by atoms with E-state index in [1.54, 1.807) is 55.5 Å². The van der Waals surface area contributed by atoms with Gasteiger partial charge in [0.25, 0.3) is 10.0 Å². The summed E-state index contributed by atoms with van der Waals surface area (Å²) in [6.45, 7) is 4.96. The van der Waals surface area contributed by atoms with Crippen LogP contribution in [0.4, 0.5) is 10.1 Å². The maximum Gasteiger partial charge on any atom is 0.264 e. The summed E-state index contributed by atoms with van der Waals surface area (Å²) in [7, 11) is -4.28. The van der Waals surface area contributed by atoms with Crippen LogP contribution >= 0.6 is 23.2 Å². The highest BCUT2D eigenvalue weighted by Gasteiger charge is 2.34. The maximum atomic E-state index is 14.0. The van der Waals surface area contributed by atoms with Crippen LogP contribution in [0.3, 0.4) is 0 Å². The Kier molecular flexibility index (Phi) is 11.0. The summed E-state index contributed by atoms with van der Waals surface area (Å²) in [4.78, 5) is 28.5. The fourth-order valence-electron chi connectivity index (χ4n) is 4.05. The Morgan fingerprint density at radius 2 is 1.57 bits per heavy atom. The number of benzene rings is 3. The minimum absolute atomic E-state index is 0.0125. The van der Waals surface area contributed by atoms with Crippen LogP contribution in [0.1, 0.15) is 39.2 Å². The maximum absolute atomic E-state index is 14.0. The Hall–Kier alpha value is -3.14. The number of hydrogen-bond donors (Lipinski definition) is 1. The van der Waals surface area contributed by atoms with Crippen LogP contribution in [0.2, 0.25) is 10.0 Å². The van der Waals surface area contributed by atoms with Crippen molar-refractivity contribution in [2.24, 2.45) is 0 Å². The van der Waals surface area contributed by atoms with Gasteiger partial charge in [0.05, 0.1) is 20.6 Å². The van der Waals surface area contributed by atoms with E-state index in [1.165, 1.54) is 4.90 Å². The molecular formula is C29H32Cl2FN3O4S. The lowest BCUT2D eigenvalue weighted by molar-refractivity contribution is -0.140. The molecule has 2 amide bonds. The Balaban J connectivity index is 2.05. The van der Waals surface area contributed by atoms with Crippen molar-refractivity contribution in [2.75, 3.05) is 10.8 Å². The van der Waals surface area contributed by atoms with Gasteiger partial charge in [0.15, 0.2) is 0 Å². The summed E-state index contributed by atoms with van der Waals surface area (Å²) < 4.78 is 42.0. The molecule has 40 heavy (non-hydrogen) atoms. The molecule has 0 aliphatic heterocycles. The van der Waals surface area contributed by atoms with E-state index in [4.69, 9.17) is 23.2 Å². The monoisotopic (exact) mass is 607 g/mol. The number of nitrogens with zero attached hydrogens (tertiary/aromatic N) is 2. The minimum Gasteiger partial charge on any atom is -0.352 e. The van der Waals surface area contributed by atoms with Crippen molar-refractivity contribution in [1.82, 2.24) is 10.2 Å². The van der Waals surface area contributed by atoms with Crippen molar-refractivity contribution in [3.05, 3.63) is 94.2 Å². The van der Waals surface area contributed by atoms with Crippen LogP contribution in [-0.4, -0.2) is 43.8 Å². The summed E-state index contributed by atoms with van der Waals surface area (Å²) in [5, 5.41) is 3.55. The van der Waals surface area contributed by atoms with Crippen LogP contribution in [-0.2, 0) is 26.2 Å². The van der Waals surface area contributed by atoms with E-state index >= 15 is 0 Å². The highest BCUT2D eigenvalue weighted by molar-refractivity contribution is 7.92. The predicted molar refractivity (Wildman–Crippen MR) is 156 cm³/mol. The second kappa shape index (κ2) is 14.0. The predicted octanol–water partition coefficient (Wildman–Crippen LogP) is 6.05. The van der Waals surface area contributed by atoms with Crippen LogP contribution in [0.15, 0.2) is 77.7 Å². The van der Waals surface area contributed by atoms with Gasteiger partial charge in [-0.1, -0.05) is 61.3 Å². The molecule has 0 bridgehead atoms. The van der Waals surface area contributed by atoms with E-state index in [0.717, 1.165) is 28.6 Å². The summed E-state index contributed by atoms with van der Waals surface area (Å²) in [6.07, 6.45) is 0.978. The lowest BCUT2D eigenvalue weighted by Gasteiger charge is -2.33. The van der Waals surface area contributed by atoms with Gasteiger partial charge in [-0.15, -0.1) is 0 Å². The molecule has 7 nitrogen and oxygen atoms in total. The van der Waals surface area contributed by atoms with Gasteiger partial charge in [0.1, 0.15) is 18.4 Å². The molecule has 0 aromatic heterocycles. The van der Waals surface area contributed by atoms with Gasteiger partial charge in [-0.2, -0.15) is 0 Å². The number of rotatable bonds is 12. The first-order valence-corrected chi connectivity index (χ1v) is 15.0. The molecule has 3 aromatic rings. The standard InChI is InChI=1S/C29H32Cl2FN3O4S/c1-4-20(3)33-29(37)27(5-2)34(18-21-11-16-25(30)26(31)17-21)28(36)19-35(23-9-7-6-8-10-23)40(38,39)24-14-12-22(32)13-15-24/h6-17,20,27H,4-5,18-19H2,1-3H3,(H,33,37). The van der Waals surface area contributed by atoms with Gasteiger partial charge in [-0.05, 0) is 73.9 Å². The minimum atomic E-state index is -4.28. The molecule has 0 saturated carbocycles. The first-order valence-electron chi connectivity index (χ1n) is 12.8. The molecule has 0 saturated heterocycles. The molecule has 0 heterocycles. The zero-order valence-corrected chi connectivity index (χ0v) is 24.8. The molecule has 0 aliphatic carbocycles. The number of halogens is 3. The zero-order chi connectivity index (χ0) is 29.4. The Bertz CT molecular complexity index is 1420. The fourth-order valence-corrected chi connectivity index (χ4v) is 5.79. The van der Waals surface area contributed by atoms with Gasteiger partial charge >= 0.3 is 0 Å². The summed E-state index contributed by atoms with van der Waals surface area (Å²) in [6, 6.07) is 16.4. The molecule has 2 unspecified atom stereocenters. The third-order valence-electron chi connectivity index (χ3n) is 6.45. The van der Waals surface area contributed by atoms with Crippen molar-refractivity contribution < 1.29 is 22.4 Å². The van der Waals surface area contributed by atoms with Crippen LogP contribution in [0.25, 0.3) is 0 Å². The average Bonchev–Trinajstić information content (AvgIpc) is 2.93. The first kappa shape index (κ1) is 31.4. The normalized spacial score (nSPS) is 12.8. The molecule has 3 rings (SSSR count). The van der Waals surface area contributed by atoms with Gasteiger partial charge in [0.2, 0.25) is 11.8 Å². The highest BCUT2D eigenvalue weighted by atomic mass is 35.5. The quantitative estimate of drug-likeness (QED) is 0.271. The number of carbonyl (C=O) groups excluding carboxylic acids is 2. The van der Waals surface area contributed by atoms with Gasteiger partial charge < -0.3 is 10.2 Å². The van der Waals surface area contributed by atoms with Gasteiger partial charge in [-0.3, -0.25) is 13.9 Å². The lowest BCUT2D eigenvalue weighted by Crippen LogP contribution is -2.53. The van der Waals surface area contributed by atoms with Gasteiger partial charge in [0, 0.05) is 12.6 Å². The van der Waals surface area contributed by atoms with E-state index in [1.807, 2.05) is 13.8 Å². The van der Waals surface area contributed by atoms with Crippen LogP contribution in [0.5, 0.6) is 0 Å². The highest BCUT2D eigenvalue weighted by Crippen LogP contribution is 2.26. The number of hydrogen-bond acceptors (Lipinski definition) is 4. The molecule has 1 N–H and O–H groups in total. The van der Waals surface area contributed by atoms with Crippen LogP contribution in [0, 0.1) is 5.82 Å². The number of anilines is 1. The second-order valence-corrected chi connectivity index (χ2v) is 12.0. The van der Waals surface area contributed by atoms with Crippen LogP contribution < -0.4 is 9.62 Å². The van der Waals surface area contributed by atoms with Crippen molar-refractivity contribution in [3.63, 3.8) is 0 Å². The Morgan fingerprint density at radius 1 is 0.925 bits per heavy atom. The molecule has 214 valence electrons. The number of amides is 2. The smallest absolute Gasteiger partial charge is 0.264 e. The van der Waals surface area contributed by atoms with Crippen molar-refractivity contribution in [1.29, 1.82) is 0 Å². The van der Waals surface area contributed by atoms with E-state index < -0.39 is 34.3 Å². The molecule has 0 spiro atoms. The van der Waals surface area contributed by atoms with E-state index in [2.05, 4.69) is 5.32 Å². The molecular weight excluding hydrogens is 576 g/mol. The molecule has 11 heteroatoms. The molecule has 0 aliphatic rings. The summed E-state index contributed by atoms with van der Waals surface area (Å²) in [5.41, 5.74) is 0.858. The first-order chi connectivity index (χ1) is 19.0. The van der Waals surface area contributed by atoms with E-state index in [9.17, 15) is 22.4 Å². The number of nitrogens with one attached hydrogen (secondary N) is 1. The van der Waals surface area contributed by atoms with Crippen molar-refractivity contribution in [2.45, 2.75) is 57.1 Å². The molecule has 0 fully saturated rings. The Labute approximate surface area is 244 Å². The third kappa shape index (κ3) is 7.74. The number of sulfonamides is 1. The van der Waals surface area contributed by atoms with Gasteiger partial charge in [-0.25, -0.2) is 12.8 Å². The topological polar surface area (TPSA) is 86.8 Å². The number of carbonyl (C=O) groups is 2. The molecule has 2 atom stereocenters. The molecule has 0 radical (unpaired) electrons. The molecule has 3 aromatic carbocycles. The largest absolute Gasteiger partial charge is 0.352 e. The van der Waals surface area contributed by atoms with Crippen molar-refractivity contribution in [3.8, 4) is 0 Å². The zero-order valence-electron chi connectivity index (χ0n) is 22.5. The van der Waals surface area contributed by atoms with Crippen molar-refractivity contribution >= 4 is 50.7 Å².